The van der Waals surface area contributed by atoms with Gasteiger partial charge in [-0.1, -0.05) is 6.92 Å². The van der Waals surface area contributed by atoms with Crippen molar-refractivity contribution in [3.05, 3.63) is 47.5 Å². The second kappa shape index (κ2) is 7.13. The molecule has 0 aliphatic carbocycles. The number of nitrogens with zero attached hydrogens (tertiary/aromatic N) is 3. The average molecular weight is 330 g/mol. The highest BCUT2D eigenvalue weighted by atomic mass is 19.1. The summed E-state index contributed by atoms with van der Waals surface area (Å²) in [6.45, 7) is 3.50. The number of likely N-dealkylation sites (N-methyl/N-ethyl adjacent to an activating group) is 1. The van der Waals surface area contributed by atoms with E-state index in [-0.39, 0.29) is 11.7 Å². The SMILES string of the molecule is CCc1c(C(=O)N2CCCC(NC)C2)cnn1-c1ccc(F)cc1. The van der Waals surface area contributed by atoms with Crippen molar-refractivity contribution in [2.24, 2.45) is 0 Å². The summed E-state index contributed by atoms with van der Waals surface area (Å²) in [6, 6.07) is 6.50. The average Bonchev–Trinajstić information content (AvgIpc) is 3.05. The maximum Gasteiger partial charge on any atom is 0.257 e. The van der Waals surface area contributed by atoms with Crippen molar-refractivity contribution in [3.8, 4) is 5.69 Å². The Morgan fingerprint density at radius 1 is 1.38 bits per heavy atom. The number of hydrogen-bond acceptors (Lipinski definition) is 3. The van der Waals surface area contributed by atoms with Crippen LogP contribution in [-0.2, 0) is 6.42 Å². The quantitative estimate of drug-likeness (QED) is 0.936. The van der Waals surface area contributed by atoms with E-state index in [1.54, 1.807) is 23.0 Å². The lowest BCUT2D eigenvalue weighted by molar-refractivity contribution is 0.0697. The van der Waals surface area contributed by atoms with Gasteiger partial charge in [0, 0.05) is 19.1 Å². The molecule has 1 aromatic carbocycles. The number of likely N-dealkylation sites (tertiary alicyclic amines) is 1. The molecule has 2 heterocycles. The number of carbonyl (C=O) groups is 1. The Balaban J connectivity index is 1.88. The minimum Gasteiger partial charge on any atom is -0.337 e. The summed E-state index contributed by atoms with van der Waals surface area (Å²) in [6.07, 6.45) is 4.41. The molecular weight excluding hydrogens is 307 g/mol. The number of hydrogen-bond donors (Lipinski definition) is 1. The summed E-state index contributed by atoms with van der Waals surface area (Å²) in [7, 11) is 1.93. The van der Waals surface area contributed by atoms with E-state index < -0.39 is 0 Å². The van der Waals surface area contributed by atoms with Gasteiger partial charge in [-0.25, -0.2) is 9.07 Å². The van der Waals surface area contributed by atoms with Crippen molar-refractivity contribution in [3.63, 3.8) is 0 Å². The van der Waals surface area contributed by atoms with Crippen molar-refractivity contribution in [2.75, 3.05) is 20.1 Å². The van der Waals surface area contributed by atoms with Gasteiger partial charge in [0.05, 0.1) is 23.1 Å². The third kappa shape index (κ3) is 3.19. The van der Waals surface area contributed by atoms with Gasteiger partial charge in [-0.15, -0.1) is 0 Å². The van der Waals surface area contributed by atoms with Crippen LogP contribution in [0.4, 0.5) is 4.39 Å². The predicted molar refractivity (Wildman–Crippen MR) is 90.9 cm³/mol. The van der Waals surface area contributed by atoms with E-state index >= 15 is 0 Å². The summed E-state index contributed by atoms with van der Waals surface area (Å²) in [4.78, 5) is 14.8. The minimum absolute atomic E-state index is 0.0279. The van der Waals surface area contributed by atoms with Gasteiger partial charge in [-0.2, -0.15) is 5.10 Å². The van der Waals surface area contributed by atoms with Gasteiger partial charge >= 0.3 is 0 Å². The van der Waals surface area contributed by atoms with E-state index in [2.05, 4.69) is 10.4 Å². The molecule has 1 saturated heterocycles. The molecule has 3 rings (SSSR count). The Morgan fingerprint density at radius 2 is 2.12 bits per heavy atom. The first-order valence-corrected chi connectivity index (χ1v) is 8.43. The third-order valence-corrected chi connectivity index (χ3v) is 4.62. The fourth-order valence-corrected chi connectivity index (χ4v) is 3.27. The zero-order chi connectivity index (χ0) is 17.1. The first-order valence-electron chi connectivity index (χ1n) is 8.43. The highest BCUT2D eigenvalue weighted by molar-refractivity contribution is 5.95. The minimum atomic E-state index is -0.285. The molecule has 2 aromatic rings. The zero-order valence-electron chi connectivity index (χ0n) is 14.1. The van der Waals surface area contributed by atoms with Gasteiger partial charge in [0.2, 0.25) is 0 Å². The Morgan fingerprint density at radius 3 is 2.79 bits per heavy atom. The molecule has 0 spiro atoms. The topological polar surface area (TPSA) is 50.2 Å². The molecule has 0 radical (unpaired) electrons. The van der Waals surface area contributed by atoms with E-state index in [1.807, 2.05) is 18.9 Å². The zero-order valence-corrected chi connectivity index (χ0v) is 14.1. The van der Waals surface area contributed by atoms with Crippen LogP contribution < -0.4 is 5.32 Å². The predicted octanol–water partition coefficient (Wildman–Crippen LogP) is 2.40. The van der Waals surface area contributed by atoms with Crippen LogP contribution in [0.1, 0.15) is 35.8 Å². The summed E-state index contributed by atoms with van der Waals surface area (Å²) in [5, 5.41) is 7.63. The van der Waals surface area contributed by atoms with Crippen LogP contribution in [0.25, 0.3) is 5.69 Å². The number of nitrogens with one attached hydrogen (secondary N) is 1. The molecule has 1 N–H and O–H groups in total. The molecule has 128 valence electrons. The number of halogens is 1. The lowest BCUT2D eigenvalue weighted by Crippen LogP contribution is -2.47. The number of benzene rings is 1. The van der Waals surface area contributed by atoms with Crippen LogP contribution in [-0.4, -0.2) is 46.8 Å². The summed E-state index contributed by atoms with van der Waals surface area (Å²) in [5.74, 6) is -0.258. The Bertz CT molecular complexity index is 710. The molecule has 1 atom stereocenters. The molecule has 1 fully saturated rings. The molecular formula is C18H23FN4O. The smallest absolute Gasteiger partial charge is 0.257 e. The first-order chi connectivity index (χ1) is 11.6. The lowest BCUT2D eigenvalue weighted by atomic mass is 10.0. The van der Waals surface area contributed by atoms with Crippen molar-refractivity contribution in [2.45, 2.75) is 32.2 Å². The molecule has 1 aliphatic rings. The van der Waals surface area contributed by atoms with Crippen LogP contribution in [0, 0.1) is 5.82 Å². The molecule has 24 heavy (non-hydrogen) atoms. The summed E-state index contributed by atoms with van der Waals surface area (Å²) >= 11 is 0. The normalized spacial score (nSPS) is 18.0. The number of rotatable bonds is 4. The lowest BCUT2D eigenvalue weighted by Gasteiger charge is -2.32. The van der Waals surface area contributed by atoms with Gasteiger partial charge in [-0.3, -0.25) is 4.79 Å². The molecule has 0 bridgehead atoms. The molecule has 6 heteroatoms. The Labute approximate surface area is 141 Å². The van der Waals surface area contributed by atoms with E-state index in [0.717, 1.165) is 37.3 Å². The maximum absolute atomic E-state index is 13.1. The standard InChI is InChI=1S/C18H23FN4O/c1-3-17-16(18(24)22-10-4-5-14(12-22)20-2)11-21-23(17)15-8-6-13(19)7-9-15/h6-9,11,14,20H,3-5,10,12H2,1-2H3. The maximum atomic E-state index is 13.1. The van der Waals surface area contributed by atoms with Crippen LogP contribution in [0.3, 0.4) is 0 Å². The van der Waals surface area contributed by atoms with Gasteiger partial charge in [0.15, 0.2) is 0 Å². The highest BCUT2D eigenvalue weighted by Gasteiger charge is 2.26. The first kappa shape index (κ1) is 16.6. The van der Waals surface area contributed by atoms with E-state index in [4.69, 9.17) is 0 Å². The van der Waals surface area contributed by atoms with Gasteiger partial charge < -0.3 is 10.2 Å². The van der Waals surface area contributed by atoms with E-state index in [0.29, 0.717) is 18.0 Å². The number of piperidine rings is 1. The number of aromatic nitrogens is 2. The van der Waals surface area contributed by atoms with E-state index in [1.165, 1.54) is 12.1 Å². The molecule has 1 aromatic heterocycles. The third-order valence-electron chi connectivity index (χ3n) is 4.62. The Hall–Kier alpha value is -2.21. The van der Waals surface area contributed by atoms with Crippen LogP contribution in [0.15, 0.2) is 30.5 Å². The number of carbonyl (C=O) groups excluding carboxylic acids is 1. The van der Waals surface area contributed by atoms with Crippen molar-refractivity contribution in [1.82, 2.24) is 20.0 Å². The van der Waals surface area contributed by atoms with Crippen molar-refractivity contribution >= 4 is 5.91 Å². The molecule has 5 nitrogen and oxygen atoms in total. The summed E-state index contributed by atoms with van der Waals surface area (Å²) < 4.78 is 14.9. The highest BCUT2D eigenvalue weighted by Crippen LogP contribution is 2.20. The molecule has 0 saturated carbocycles. The molecule has 1 unspecified atom stereocenters. The van der Waals surface area contributed by atoms with E-state index in [9.17, 15) is 9.18 Å². The van der Waals surface area contributed by atoms with Gasteiger partial charge in [0.25, 0.3) is 5.91 Å². The van der Waals surface area contributed by atoms with Crippen LogP contribution in [0.5, 0.6) is 0 Å². The van der Waals surface area contributed by atoms with Crippen molar-refractivity contribution < 1.29 is 9.18 Å². The van der Waals surface area contributed by atoms with Crippen LogP contribution >= 0.6 is 0 Å². The monoisotopic (exact) mass is 330 g/mol. The summed E-state index contributed by atoms with van der Waals surface area (Å²) in [5.41, 5.74) is 2.26. The second-order valence-electron chi connectivity index (χ2n) is 6.13. The fraction of sp³-hybridized carbons (Fsp3) is 0.444. The van der Waals surface area contributed by atoms with Crippen LogP contribution in [0.2, 0.25) is 0 Å². The van der Waals surface area contributed by atoms with Gasteiger partial charge in [-0.05, 0) is 50.6 Å². The fourth-order valence-electron chi connectivity index (χ4n) is 3.27. The second-order valence-corrected chi connectivity index (χ2v) is 6.13. The molecule has 1 amide bonds. The Kier molecular flexibility index (Phi) is 4.94. The molecule has 1 aliphatic heterocycles. The number of amides is 1. The van der Waals surface area contributed by atoms with Crippen molar-refractivity contribution in [1.29, 1.82) is 0 Å². The van der Waals surface area contributed by atoms with Gasteiger partial charge in [0.1, 0.15) is 5.82 Å². The largest absolute Gasteiger partial charge is 0.337 e.